The van der Waals surface area contributed by atoms with Crippen LogP contribution in [0.4, 0.5) is 0 Å². The fourth-order valence-corrected chi connectivity index (χ4v) is 2.48. The summed E-state index contributed by atoms with van der Waals surface area (Å²) in [6, 6.07) is 2.07. The van der Waals surface area contributed by atoms with Gasteiger partial charge in [-0.1, -0.05) is 20.8 Å². The average molecular weight is 219 g/mol. The third kappa shape index (κ3) is 2.06. The van der Waals surface area contributed by atoms with Gasteiger partial charge in [-0.15, -0.1) is 0 Å². The molecule has 1 aliphatic carbocycles. The van der Waals surface area contributed by atoms with Gasteiger partial charge in [0.25, 0.3) is 0 Å². The van der Waals surface area contributed by atoms with Gasteiger partial charge in [0.1, 0.15) is 0 Å². The number of fused-ring (bicyclic) bond motifs is 1. The van der Waals surface area contributed by atoms with Crippen molar-refractivity contribution in [3.05, 3.63) is 23.0 Å². The van der Waals surface area contributed by atoms with E-state index in [2.05, 4.69) is 38.3 Å². The van der Waals surface area contributed by atoms with Gasteiger partial charge >= 0.3 is 0 Å². The number of rotatable bonds is 1. The molecule has 0 aliphatic heterocycles. The molecule has 1 aliphatic rings. The summed E-state index contributed by atoms with van der Waals surface area (Å²) in [5, 5.41) is 0. The highest BCUT2D eigenvalue weighted by Crippen LogP contribution is 2.28. The molecule has 0 bridgehead atoms. The van der Waals surface area contributed by atoms with Crippen molar-refractivity contribution in [1.29, 1.82) is 0 Å². The van der Waals surface area contributed by atoms with Crippen LogP contribution in [-0.4, -0.2) is 10.4 Å². The Kier molecular flexibility index (Phi) is 2.69. The second kappa shape index (κ2) is 3.76. The smallest absolute Gasteiger partial charge is 0.164 e. The number of aryl methyl sites for hydroxylation is 1. The molecule has 0 unspecified atom stereocenters. The summed E-state index contributed by atoms with van der Waals surface area (Å²) in [4.78, 5) is 11.8. The molecular weight excluding hydrogens is 198 g/mol. The third-order valence-electron chi connectivity index (χ3n) is 3.17. The number of aromatic nitrogens is 1. The van der Waals surface area contributed by atoms with Crippen molar-refractivity contribution in [3.63, 3.8) is 0 Å². The Morgan fingerprint density at radius 3 is 2.62 bits per heavy atom. The Morgan fingerprint density at radius 1 is 1.31 bits per heavy atom. The molecule has 0 amide bonds. The lowest BCUT2D eigenvalue weighted by molar-refractivity contribution is 0.0971. The van der Waals surface area contributed by atoms with E-state index in [0.29, 0.717) is 5.78 Å². The van der Waals surface area contributed by atoms with Crippen LogP contribution in [0.5, 0.6) is 0 Å². The second-order valence-corrected chi connectivity index (χ2v) is 6.07. The first-order valence-electron chi connectivity index (χ1n) is 6.11. The summed E-state index contributed by atoms with van der Waals surface area (Å²) in [5.74, 6) is 0.331. The number of Topliss-reactive ketones (excluding diaryl/α,β-unsaturated/α-hetero) is 1. The van der Waals surface area contributed by atoms with Gasteiger partial charge in [0.05, 0.1) is 0 Å². The van der Waals surface area contributed by atoms with Gasteiger partial charge in [-0.3, -0.25) is 4.79 Å². The molecule has 16 heavy (non-hydrogen) atoms. The van der Waals surface area contributed by atoms with Crippen molar-refractivity contribution < 1.29 is 4.79 Å². The van der Waals surface area contributed by atoms with E-state index in [4.69, 9.17) is 0 Å². The molecule has 88 valence electrons. The molecule has 0 fully saturated rings. The maximum atomic E-state index is 11.8. The highest BCUT2D eigenvalue weighted by Gasteiger charge is 2.24. The van der Waals surface area contributed by atoms with E-state index in [-0.39, 0.29) is 5.41 Å². The van der Waals surface area contributed by atoms with Crippen LogP contribution in [0.1, 0.15) is 55.4 Å². The van der Waals surface area contributed by atoms with E-state index in [1.807, 2.05) is 0 Å². The Bertz CT molecular complexity index is 421. The largest absolute Gasteiger partial charge is 0.348 e. The van der Waals surface area contributed by atoms with E-state index in [0.717, 1.165) is 31.4 Å². The molecule has 0 aromatic carbocycles. The lowest BCUT2D eigenvalue weighted by Crippen LogP contribution is -2.20. The molecule has 2 rings (SSSR count). The molecule has 0 saturated heterocycles. The number of carbonyl (C=O) groups is 1. The first-order valence-corrected chi connectivity index (χ1v) is 6.11. The number of hydrogen-bond acceptors (Lipinski definition) is 1. The lowest BCUT2D eigenvalue weighted by Gasteiger charge is -2.24. The van der Waals surface area contributed by atoms with Gasteiger partial charge in [-0.2, -0.15) is 0 Å². The molecule has 2 nitrogen and oxygen atoms in total. The van der Waals surface area contributed by atoms with E-state index in [9.17, 15) is 4.79 Å². The molecule has 0 saturated carbocycles. The molecule has 1 aromatic rings. The van der Waals surface area contributed by atoms with Crippen LogP contribution >= 0.6 is 0 Å². The molecular formula is C14H21NO. The molecule has 0 N–H and O–H groups in total. The van der Waals surface area contributed by atoms with Crippen molar-refractivity contribution in [2.24, 2.45) is 5.41 Å². The Morgan fingerprint density at radius 2 is 2.00 bits per heavy atom. The number of ketones is 1. The first kappa shape index (κ1) is 11.4. The van der Waals surface area contributed by atoms with Gasteiger partial charge < -0.3 is 4.57 Å². The van der Waals surface area contributed by atoms with Gasteiger partial charge in [0.2, 0.25) is 0 Å². The van der Waals surface area contributed by atoms with Crippen LogP contribution in [0.25, 0.3) is 0 Å². The van der Waals surface area contributed by atoms with Crippen molar-refractivity contribution in [2.75, 3.05) is 0 Å². The first-order chi connectivity index (χ1) is 7.38. The molecule has 2 heteroatoms. The zero-order valence-corrected chi connectivity index (χ0v) is 10.8. The summed E-state index contributed by atoms with van der Waals surface area (Å²) >= 11 is 0. The Labute approximate surface area is 97.7 Å². The van der Waals surface area contributed by atoms with Crippen molar-refractivity contribution >= 4 is 5.78 Å². The zero-order chi connectivity index (χ0) is 11.9. The lowest BCUT2D eigenvalue weighted by atomic mass is 9.94. The van der Waals surface area contributed by atoms with E-state index >= 15 is 0 Å². The second-order valence-electron chi connectivity index (χ2n) is 6.07. The van der Waals surface area contributed by atoms with Crippen LogP contribution in [0.15, 0.2) is 6.07 Å². The van der Waals surface area contributed by atoms with Crippen molar-refractivity contribution in [3.8, 4) is 0 Å². The minimum atomic E-state index is 0.262. The van der Waals surface area contributed by atoms with Crippen LogP contribution in [0, 0.1) is 12.3 Å². The summed E-state index contributed by atoms with van der Waals surface area (Å²) < 4.78 is 2.34. The Balaban J connectivity index is 2.42. The summed E-state index contributed by atoms with van der Waals surface area (Å²) in [6.45, 7) is 9.83. The molecule has 1 aromatic heterocycles. The maximum absolute atomic E-state index is 11.8. The summed E-state index contributed by atoms with van der Waals surface area (Å²) in [6.07, 6.45) is 2.80. The van der Waals surface area contributed by atoms with Gasteiger partial charge in [-0.25, -0.2) is 0 Å². The molecule has 0 radical (unpaired) electrons. The van der Waals surface area contributed by atoms with Crippen LogP contribution < -0.4 is 0 Å². The van der Waals surface area contributed by atoms with E-state index in [1.54, 1.807) is 0 Å². The van der Waals surface area contributed by atoms with Gasteiger partial charge in [0.15, 0.2) is 5.78 Å². The normalized spacial score (nSPS) is 16.4. The van der Waals surface area contributed by atoms with E-state index < -0.39 is 0 Å². The standard InChI is InChI=1S/C14H21NO/c1-10-8-11-12(6-5-7-13(11)16)15(10)9-14(2,3)4/h8H,5-7,9H2,1-4H3. The SMILES string of the molecule is Cc1cc2c(n1CC(C)(C)C)CCCC2=O. The predicted octanol–water partition coefficient (Wildman–Crippen LogP) is 3.36. The molecule has 0 spiro atoms. The van der Waals surface area contributed by atoms with Crippen LogP contribution in [0.3, 0.4) is 0 Å². The highest BCUT2D eigenvalue weighted by molar-refractivity contribution is 5.98. The zero-order valence-electron chi connectivity index (χ0n) is 10.8. The maximum Gasteiger partial charge on any atom is 0.164 e. The number of carbonyl (C=O) groups excluding carboxylic acids is 1. The quantitative estimate of drug-likeness (QED) is 0.710. The Hall–Kier alpha value is -1.05. The van der Waals surface area contributed by atoms with Gasteiger partial charge in [-0.05, 0) is 31.2 Å². The minimum absolute atomic E-state index is 0.262. The number of hydrogen-bond donors (Lipinski definition) is 0. The highest BCUT2D eigenvalue weighted by atomic mass is 16.1. The minimum Gasteiger partial charge on any atom is -0.348 e. The third-order valence-corrected chi connectivity index (χ3v) is 3.17. The van der Waals surface area contributed by atoms with Gasteiger partial charge in [0, 0.05) is 29.9 Å². The molecule has 0 atom stereocenters. The topological polar surface area (TPSA) is 22.0 Å². The average Bonchev–Trinajstić information content (AvgIpc) is 2.44. The van der Waals surface area contributed by atoms with Crippen molar-refractivity contribution in [2.45, 2.75) is 53.5 Å². The summed E-state index contributed by atoms with van der Waals surface area (Å²) in [7, 11) is 0. The fraction of sp³-hybridized carbons (Fsp3) is 0.643. The van der Waals surface area contributed by atoms with Crippen molar-refractivity contribution in [1.82, 2.24) is 4.57 Å². The number of nitrogens with zero attached hydrogens (tertiary/aromatic N) is 1. The van der Waals surface area contributed by atoms with Crippen LogP contribution in [-0.2, 0) is 13.0 Å². The van der Waals surface area contributed by atoms with Crippen LogP contribution in [0.2, 0.25) is 0 Å². The monoisotopic (exact) mass is 219 g/mol. The fourth-order valence-electron chi connectivity index (χ4n) is 2.48. The predicted molar refractivity (Wildman–Crippen MR) is 65.9 cm³/mol. The van der Waals surface area contributed by atoms with E-state index in [1.165, 1.54) is 11.4 Å². The molecule has 1 heterocycles. The summed E-state index contributed by atoms with van der Waals surface area (Å²) in [5.41, 5.74) is 3.74.